The molecule has 1 aromatic carbocycles. The maximum atomic E-state index is 11.7. The fourth-order valence-corrected chi connectivity index (χ4v) is 2.45. The van der Waals surface area contributed by atoms with Gasteiger partial charge in [-0.05, 0) is 29.8 Å². The predicted molar refractivity (Wildman–Crippen MR) is 79.6 cm³/mol. The third-order valence-electron chi connectivity index (χ3n) is 3.35. The molecular formula is C15H13ClN2O3. The third kappa shape index (κ3) is 2.40. The van der Waals surface area contributed by atoms with Crippen molar-refractivity contribution in [2.24, 2.45) is 0 Å². The minimum Gasteiger partial charge on any atom is -0.493 e. The highest BCUT2D eigenvalue weighted by Crippen LogP contribution is 2.32. The zero-order valence-corrected chi connectivity index (χ0v) is 12.1. The lowest BCUT2D eigenvalue weighted by Gasteiger charge is -2.09. The first-order chi connectivity index (χ1) is 10.1. The monoisotopic (exact) mass is 304 g/mol. The summed E-state index contributed by atoms with van der Waals surface area (Å²) < 4.78 is 10.1. The van der Waals surface area contributed by atoms with Crippen LogP contribution in [0.3, 0.4) is 0 Å². The molecule has 2 N–H and O–H groups in total. The molecule has 2 aromatic rings. The fraction of sp³-hybridized carbons (Fsp3) is 0.200. The van der Waals surface area contributed by atoms with Crippen molar-refractivity contribution >= 4 is 23.3 Å². The van der Waals surface area contributed by atoms with E-state index in [1.165, 1.54) is 7.11 Å². The number of nitrogen functional groups attached to an aromatic ring is 1. The molecule has 5 nitrogen and oxygen atoms in total. The van der Waals surface area contributed by atoms with Crippen LogP contribution in [0.1, 0.15) is 16.1 Å². The van der Waals surface area contributed by atoms with E-state index < -0.39 is 5.97 Å². The van der Waals surface area contributed by atoms with Gasteiger partial charge in [-0.2, -0.15) is 0 Å². The van der Waals surface area contributed by atoms with Crippen LogP contribution in [0.5, 0.6) is 5.75 Å². The van der Waals surface area contributed by atoms with E-state index in [-0.39, 0.29) is 10.7 Å². The summed E-state index contributed by atoms with van der Waals surface area (Å²) in [4.78, 5) is 16.0. The molecule has 3 rings (SSSR count). The standard InChI is InChI=1S/C15H13ClN2O3/c1-20-15(19)14-13(16)10(17)7-11(18-14)8-2-3-12-9(6-8)4-5-21-12/h2-3,6-7H,4-5H2,1H3,(H2,17,18). The molecule has 0 saturated heterocycles. The minimum atomic E-state index is -0.613. The van der Waals surface area contributed by atoms with Crippen LogP contribution >= 0.6 is 11.6 Å². The number of pyridine rings is 1. The highest BCUT2D eigenvalue weighted by molar-refractivity contribution is 6.35. The van der Waals surface area contributed by atoms with Gasteiger partial charge in [-0.25, -0.2) is 9.78 Å². The van der Waals surface area contributed by atoms with Crippen molar-refractivity contribution < 1.29 is 14.3 Å². The number of hydrogen-bond acceptors (Lipinski definition) is 5. The van der Waals surface area contributed by atoms with Crippen LogP contribution in [0.4, 0.5) is 5.69 Å². The number of anilines is 1. The van der Waals surface area contributed by atoms with Crippen LogP contribution in [0, 0.1) is 0 Å². The quantitative estimate of drug-likeness (QED) is 0.863. The fourth-order valence-electron chi connectivity index (χ4n) is 2.27. The number of carbonyl (C=O) groups excluding carboxylic acids is 1. The van der Waals surface area contributed by atoms with E-state index in [2.05, 4.69) is 9.72 Å². The number of carbonyl (C=O) groups is 1. The molecule has 0 bridgehead atoms. The summed E-state index contributed by atoms with van der Waals surface area (Å²) in [6.07, 6.45) is 0.857. The second kappa shape index (κ2) is 5.26. The first-order valence-corrected chi connectivity index (χ1v) is 6.78. The van der Waals surface area contributed by atoms with Crippen LogP contribution in [0.25, 0.3) is 11.3 Å². The highest BCUT2D eigenvalue weighted by Gasteiger charge is 2.19. The summed E-state index contributed by atoms with van der Waals surface area (Å²) in [5.74, 6) is 0.270. The summed E-state index contributed by atoms with van der Waals surface area (Å²) in [5.41, 5.74) is 8.71. The van der Waals surface area contributed by atoms with Crippen molar-refractivity contribution in [3.8, 4) is 17.0 Å². The number of nitrogens with zero attached hydrogens (tertiary/aromatic N) is 1. The van der Waals surface area contributed by atoms with E-state index in [1.807, 2.05) is 18.2 Å². The Kier molecular flexibility index (Phi) is 3.43. The van der Waals surface area contributed by atoms with Gasteiger partial charge in [-0.15, -0.1) is 0 Å². The molecule has 108 valence electrons. The molecular weight excluding hydrogens is 292 g/mol. The Balaban J connectivity index is 2.10. The van der Waals surface area contributed by atoms with Gasteiger partial charge in [0.15, 0.2) is 5.69 Å². The maximum absolute atomic E-state index is 11.7. The molecule has 0 atom stereocenters. The summed E-state index contributed by atoms with van der Waals surface area (Å²) in [6, 6.07) is 7.40. The van der Waals surface area contributed by atoms with Crippen molar-refractivity contribution in [3.63, 3.8) is 0 Å². The number of nitrogens with two attached hydrogens (primary N) is 1. The summed E-state index contributed by atoms with van der Waals surface area (Å²) in [6.45, 7) is 0.683. The molecule has 0 radical (unpaired) electrons. The molecule has 1 aromatic heterocycles. The van der Waals surface area contributed by atoms with Crippen LogP contribution in [-0.2, 0) is 11.2 Å². The zero-order chi connectivity index (χ0) is 15.0. The molecule has 0 amide bonds. The van der Waals surface area contributed by atoms with Gasteiger partial charge in [0.1, 0.15) is 5.75 Å². The van der Waals surface area contributed by atoms with E-state index in [0.717, 1.165) is 23.3 Å². The molecule has 0 fully saturated rings. The summed E-state index contributed by atoms with van der Waals surface area (Å²) in [5, 5.41) is 0.107. The highest BCUT2D eigenvalue weighted by atomic mass is 35.5. The SMILES string of the molecule is COC(=O)c1nc(-c2ccc3c(c2)CCO3)cc(N)c1Cl. The van der Waals surface area contributed by atoms with Crippen molar-refractivity contribution in [1.82, 2.24) is 4.98 Å². The largest absolute Gasteiger partial charge is 0.493 e. The number of rotatable bonds is 2. The third-order valence-corrected chi connectivity index (χ3v) is 3.75. The van der Waals surface area contributed by atoms with Crippen LogP contribution in [0.15, 0.2) is 24.3 Å². The van der Waals surface area contributed by atoms with Gasteiger partial charge in [0.05, 0.1) is 30.1 Å². The molecule has 6 heteroatoms. The van der Waals surface area contributed by atoms with Gasteiger partial charge in [-0.1, -0.05) is 11.6 Å². The van der Waals surface area contributed by atoms with Crippen molar-refractivity contribution in [1.29, 1.82) is 0 Å². The molecule has 0 unspecified atom stereocenters. The zero-order valence-electron chi connectivity index (χ0n) is 11.4. The number of aromatic nitrogens is 1. The molecule has 0 aliphatic carbocycles. The first kappa shape index (κ1) is 13.7. The van der Waals surface area contributed by atoms with E-state index >= 15 is 0 Å². The minimum absolute atomic E-state index is 0.0194. The van der Waals surface area contributed by atoms with E-state index in [9.17, 15) is 4.79 Å². The van der Waals surface area contributed by atoms with Gasteiger partial charge in [0, 0.05) is 12.0 Å². The Labute approximate surface area is 126 Å². The lowest BCUT2D eigenvalue weighted by Crippen LogP contribution is -2.08. The van der Waals surface area contributed by atoms with Crippen molar-refractivity contribution in [3.05, 3.63) is 40.5 Å². The van der Waals surface area contributed by atoms with Crippen LogP contribution < -0.4 is 10.5 Å². The molecule has 21 heavy (non-hydrogen) atoms. The Morgan fingerprint density at radius 2 is 2.24 bits per heavy atom. The lowest BCUT2D eigenvalue weighted by atomic mass is 10.1. The van der Waals surface area contributed by atoms with Crippen molar-refractivity contribution in [2.45, 2.75) is 6.42 Å². The number of ether oxygens (including phenoxy) is 2. The number of benzene rings is 1. The van der Waals surface area contributed by atoms with E-state index in [4.69, 9.17) is 22.1 Å². The maximum Gasteiger partial charge on any atom is 0.358 e. The smallest absolute Gasteiger partial charge is 0.358 e. The molecule has 0 spiro atoms. The molecule has 1 aliphatic rings. The topological polar surface area (TPSA) is 74.4 Å². The average molecular weight is 305 g/mol. The number of hydrogen-bond donors (Lipinski definition) is 1. The molecule has 0 saturated carbocycles. The van der Waals surface area contributed by atoms with Crippen LogP contribution in [-0.4, -0.2) is 24.7 Å². The Hall–Kier alpha value is -2.27. The molecule has 2 heterocycles. The number of fused-ring (bicyclic) bond motifs is 1. The number of halogens is 1. The normalized spacial score (nSPS) is 12.7. The Morgan fingerprint density at radius 3 is 3.00 bits per heavy atom. The predicted octanol–water partition coefficient (Wildman–Crippen LogP) is 2.71. The number of esters is 1. The van der Waals surface area contributed by atoms with Crippen molar-refractivity contribution in [2.75, 3.05) is 19.5 Å². The molecule has 1 aliphatic heterocycles. The summed E-state index contributed by atoms with van der Waals surface area (Å²) >= 11 is 6.01. The second-order valence-corrected chi connectivity index (χ2v) is 5.05. The Bertz CT molecular complexity index is 731. The van der Waals surface area contributed by atoms with E-state index in [1.54, 1.807) is 6.07 Å². The number of methoxy groups -OCH3 is 1. The van der Waals surface area contributed by atoms with Gasteiger partial charge in [-0.3, -0.25) is 0 Å². The summed E-state index contributed by atoms with van der Waals surface area (Å²) in [7, 11) is 1.27. The van der Waals surface area contributed by atoms with Gasteiger partial charge in [0.25, 0.3) is 0 Å². The van der Waals surface area contributed by atoms with Crippen LogP contribution in [0.2, 0.25) is 5.02 Å². The Morgan fingerprint density at radius 1 is 1.43 bits per heavy atom. The first-order valence-electron chi connectivity index (χ1n) is 6.40. The van der Waals surface area contributed by atoms with Gasteiger partial charge >= 0.3 is 5.97 Å². The van der Waals surface area contributed by atoms with E-state index in [0.29, 0.717) is 18.0 Å². The lowest BCUT2D eigenvalue weighted by molar-refractivity contribution is 0.0594. The average Bonchev–Trinajstić information content (AvgIpc) is 2.96. The van der Waals surface area contributed by atoms with Gasteiger partial charge < -0.3 is 15.2 Å². The van der Waals surface area contributed by atoms with Gasteiger partial charge in [0.2, 0.25) is 0 Å². The second-order valence-electron chi connectivity index (χ2n) is 4.67.